The van der Waals surface area contributed by atoms with Crippen LogP contribution in [-0.2, 0) is 14.3 Å². The van der Waals surface area contributed by atoms with E-state index in [4.69, 9.17) is 4.74 Å². The van der Waals surface area contributed by atoms with Crippen LogP contribution in [0.3, 0.4) is 0 Å². The van der Waals surface area contributed by atoms with Gasteiger partial charge in [-0.15, -0.1) is 0 Å². The van der Waals surface area contributed by atoms with E-state index in [9.17, 15) is 9.59 Å². The van der Waals surface area contributed by atoms with Gasteiger partial charge in [-0.05, 0) is 46.5 Å². The average molecular weight is 253 g/mol. The molecule has 4 nitrogen and oxygen atoms in total. The summed E-state index contributed by atoms with van der Waals surface area (Å²) in [7, 11) is 0. The third-order valence-corrected chi connectivity index (χ3v) is 3.79. The van der Waals surface area contributed by atoms with Crippen molar-refractivity contribution < 1.29 is 14.3 Å². The van der Waals surface area contributed by atoms with Gasteiger partial charge in [-0.2, -0.15) is 0 Å². The number of esters is 1. The van der Waals surface area contributed by atoms with Crippen molar-refractivity contribution in [3.05, 3.63) is 0 Å². The number of hydrogen-bond acceptors (Lipinski definition) is 3. The number of ether oxygens (including phenoxy) is 1. The zero-order valence-electron chi connectivity index (χ0n) is 11.7. The predicted octanol–water partition coefficient (Wildman–Crippen LogP) is 2.12. The summed E-state index contributed by atoms with van der Waals surface area (Å²) in [6.07, 6.45) is 3.65. The van der Waals surface area contributed by atoms with E-state index >= 15 is 0 Å². The Morgan fingerprint density at radius 2 is 1.83 bits per heavy atom. The molecule has 0 radical (unpaired) electrons. The molecular weight excluding hydrogens is 230 g/mol. The summed E-state index contributed by atoms with van der Waals surface area (Å²) in [6, 6.07) is -0.101. The number of carbonyl (C=O) groups is 2. The summed E-state index contributed by atoms with van der Waals surface area (Å²) in [5, 5.41) is 0. The third kappa shape index (κ3) is 2.52. The molecule has 0 aliphatic carbocycles. The summed E-state index contributed by atoms with van der Waals surface area (Å²) in [6.45, 7) is 7.52. The Morgan fingerprint density at radius 3 is 2.44 bits per heavy atom. The van der Waals surface area contributed by atoms with Crippen molar-refractivity contribution in [2.75, 3.05) is 0 Å². The highest BCUT2D eigenvalue weighted by Crippen LogP contribution is 2.35. The molecule has 0 aromatic rings. The Balaban J connectivity index is 2.10. The molecule has 0 saturated carbocycles. The van der Waals surface area contributed by atoms with Gasteiger partial charge in [0.25, 0.3) is 0 Å². The molecule has 3 atom stereocenters. The van der Waals surface area contributed by atoms with E-state index in [0.717, 1.165) is 25.7 Å². The molecule has 0 bridgehead atoms. The largest absolute Gasteiger partial charge is 0.458 e. The van der Waals surface area contributed by atoms with E-state index in [0.29, 0.717) is 0 Å². The summed E-state index contributed by atoms with van der Waals surface area (Å²) in [5.41, 5.74) is -0.486. The van der Waals surface area contributed by atoms with Crippen LogP contribution >= 0.6 is 0 Å². The smallest absolute Gasteiger partial charge is 0.329 e. The minimum Gasteiger partial charge on any atom is -0.458 e. The van der Waals surface area contributed by atoms with E-state index in [2.05, 4.69) is 0 Å². The fourth-order valence-corrected chi connectivity index (χ4v) is 2.92. The molecule has 2 rings (SSSR count). The van der Waals surface area contributed by atoms with Gasteiger partial charge in [-0.25, -0.2) is 4.79 Å². The van der Waals surface area contributed by atoms with Gasteiger partial charge in [0, 0.05) is 12.0 Å². The highest BCUT2D eigenvalue weighted by atomic mass is 16.6. The molecule has 1 amide bonds. The monoisotopic (exact) mass is 253 g/mol. The molecule has 0 N–H and O–H groups in total. The maximum atomic E-state index is 12.2. The Kier molecular flexibility index (Phi) is 3.39. The summed E-state index contributed by atoms with van der Waals surface area (Å²) >= 11 is 0. The van der Waals surface area contributed by atoms with Crippen LogP contribution in [0.4, 0.5) is 0 Å². The van der Waals surface area contributed by atoms with Gasteiger partial charge in [0.05, 0.1) is 0 Å². The van der Waals surface area contributed by atoms with Gasteiger partial charge in [0.2, 0.25) is 5.91 Å². The fourth-order valence-electron chi connectivity index (χ4n) is 2.92. The Bertz CT molecular complexity index is 359. The van der Waals surface area contributed by atoms with Crippen molar-refractivity contribution in [3.8, 4) is 0 Å². The second-order valence-electron chi connectivity index (χ2n) is 6.50. The number of carbonyl (C=O) groups excluding carboxylic acids is 2. The Morgan fingerprint density at radius 1 is 1.22 bits per heavy atom. The molecule has 18 heavy (non-hydrogen) atoms. The minimum absolute atomic E-state index is 0.0456. The lowest BCUT2D eigenvalue weighted by atomic mass is 9.94. The highest BCUT2D eigenvalue weighted by molar-refractivity contribution is 5.87. The molecule has 0 aromatic heterocycles. The van der Waals surface area contributed by atoms with Gasteiger partial charge in [-0.1, -0.05) is 6.92 Å². The van der Waals surface area contributed by atoms with Crippen molar-refractivity contribution in [2.45, 2.75) is 71.1 Å². The third-order valence-electron chi connectivity index (χ3n) is 3.79. The first-order chi connectivity index (χ1) is 8.29. The van der Waals surface area contributed by atoms with Crippen molar-refractivity contribution in [1.29, 1.82) is 0 Å². The summed E-state index contributed by atoms with van der Waals surface area (Å²) < 4.78 is 5.42. The minimum atomic E-state index is -0.486. The molecule has 0 spiro atoms. The van der Waals surface area contributed by atoms with Crippen molar-refractivity contribution >= 4 is 11.9 Å². The molecule has 0 aromatic carbocycles. The highest BCUT2D eigenvalue weighted by Gasteiger charge is 2.45. The quantitative estimate of drug-likeness (QED) is 0.672. The van der Waals surface area contributed by atoms with Crippen LogP contribution in [0.1, 0.15) is 53.4 Å². The molecule has 2 saturated heterocycles. The zero-order valence-corrected chi connectivity index (χ0v) is 11.7. The normalized spacial score (nSPS) is 32.3. The van der Waals surface area contributed by atoms with Crippen LogP contribution in [0.15, 0.2) is 0 Å². The fraction of sp³-hybridized carbons (Fsp3) is 0.857. The Hall–Kier alpha value is -1.06. The van der Waals surface area contributed by atoms with Gasteiger partial charge < -0.3 is 9.64 Å². The zero-order chi connectivity index (χ0) is 13.5. The van der Waals surface area contributed by atoms with Crippen LogP contribution in [0, 0.1) is 5.92 Å². The first kappa shape index (κ1) is 13.4. The topological polar surface area (TPSA) is 46.6 Å². The van der Waals surface area contributed by atoms with Crippen LogP contribution in [0.5, 0.6) is 0 Å². The van der Waals surface area contributed by atoms with Gasteiger partial charge in [0.1, 0.15) is 11.6 Å². The lowest BCUT2D eigenvalue weighted by molar-refractivity contribution is -0.166. The molecule has 4 heteroatoms. The van der Waals surface area contributed by atoms with E-state index in [1.807, 2.05) is 27.7 Å². The van der Waals surface area contributed by atoms with Gasteiger partial charge in [0.15, 0.2) is 0 Å². The maximum Gasteiger partial charge on any atom is 0.329 e. The SMILES string of the molecule is C[C@H]1CC[C@@H]2CC[C@H](C(=O)OC(C)(C)C)N2C1=O. The lowest BCUT2D eigenvalue weighted by Crippen LogP contribution is -2.51. The van der Waals surface area contributed by atoms with Crippen molar-refractivity contribution in [3.63, 3.8) is 0 Å². The van der Waals surface area contributed by atoms with Gasteiger partial charge >= 0.3 is 5.97 Å². The first-order valence-corrected chi connectivity index (χ1v) is 6.84. The predicted molar refractivity (Wildman–Crippen MR) is 67.9 cm³/mol. The second kappa shape index (κ2) is 4.56. The Labute approximate surface area is 109 Å². The molecule has 2 heterocycles. The number of hydrogen-bond donors (Lipinski definition) is 0. The number of rotatable bonds is 1. The van der Waals surface area contributed by atoms with Crippen molar-refractivity contribution in [1.82, 2.24) is 4.90 Å². The lowest BCUT2D eigenvalue weighted by Gasteiger charge is -2.36. The standard InChI is InChI=1S/C14H23NO3/c1-9-5-6-10-7-8-11(15(10)12(9)16)13(17)18-14(2,3)4/h9-11H,5-8H2,1-4H3/t9-,10+,11+/m0/s1. The first-order valence-electron chi connectivity index (χ1n) is 6.84. The van der Waals surface area contributed by atoms with E-state index in [1.54, 1.807) is 4.90 Å². The number of fused-ring (bicyclic) bond motifs is 1. The molecule has 2 aliphatic heterocycles. The van der Waals surface area contributed by atoms with E-state index < -0.39 is 5.60 Å². The summed E-state index contributed by atoms with van der Waals surface area (Å²) in [5.74, 6) is -0.0728. The number of nitrogens with zero attached hydrogens (tertiary/aromatic N) is 1. The summed E-state index contributed by atoms with van der Waals surface area (Å²) in [4.78, 5) is 26.2. The van der Waals surface area contributed by atoms with Crippen LogP contribution in [0.25, 0.3) is 0 Å². The molecule has 0 unspecified atom stereocenters. The second-order valence-corrected chi connectivity index (χ2v) is 6.50. The number of amides is 1. The van der Waals surface area contributed by atoms with E-state index in [-0.39, 0.29) is 29.9 Å². The molecule has 102 valence electrons. The molecule has 2 aliphatic rings. The van der Waals surface area contributed by atoms with Crippen LogP contribution in [0.2, 0.25) is 0 Å². The van der Waals surface area contributed by atoms with Gasteiger partial charge in [-0.3, -0.25) is 4.79 Å². The molecular formula is C14H23NO3. The maximum absolute atomic E-state index is 12.2. The molecule has 2 fully saturated rings. The average Bonchev–Trinajstić information content (AvgIpc) is 2.65. The van der Waals surface area contributed by atoms with E-state index in [1.165, 1.54) is 0 Å². The van der Waals surface area contributed by atoms with Crippen LogP contribution < -0.4 is 0 Å². The number of piperidine rings is 1. The van der Waals surface area contributed by atoms with Crippen molar-refractivity contribution in [2.24, 2.45) is 5.92 Å². The van der Waals surface area contributed by atoms with Crippen LogP contribution in [-0.4, -0.2) is 34.5 Å².